The summed E-state index contributed by atoms with van der Waals surface area (Å²) in [5.41, 5.74) is 2.96. The fourth-order valence-electron chi connectivity index (χ4n) is 2.39. The first-order valence-electron chi connectivity index (χ1n) is 7.26. The molecule has 0 fully saturated rings. The highest BCUT2D eigenvalue weighted by atomic mass is 79.9. The van der Waals surface area contributed by atoms with E-state index in [4.69, 9.17) is 0 Å². The van der Waals surface area contributed by atoms with Crippen LogP contribution in [-0.4, -0.2) is 27.1 Å². The van der Waals surface area contributed by atoms with Gasteiger partial charge in [-0.2, -0.15) is 0 Å². The Hall–Kier alpha value is -1.86. The van der Waals surface area contributed by atoms with Crippen molar-refractivity contribution in [1.82, 2.24) is 0 Å². The van der Waals surface area contributed by atoms with Crippen molar-refractivity contribution in [2.24, 2.45) is 0 Å². The number of hydrogen-bond acceptors (Lipinski definition) is 3. The molecule has 1 amide bonds. The number of carbonyl (C=O) groups excluding carboxylic acids is 1. The van der Waals surface area contributed by atoms with Gasteiger partial charge in [-0.05, 0) is 55.3 Å². The van der Waals surface area contributed by atoms with Gasteiger partial charge in [-0.3, -0.25) is 9.10 Å². The number of halogens is 1. The topological polar surface area (TPSA) is 66.5 Å². The minimum atomic E-state index is -3.58. The molecule has 0 aromatic heterocycles. The SMILES string of the molecule is Cc1cc(C)cc(N(CC(=O)Nc2cccc(Br)c2)S(C)(=O)=O)c1. The Morgan fingerprint density at radius 1 is 1.12 bits per heavy atom. The second-order valence-corrected chi connectivity index (χ2v) is 8.50. The van der Waals surface area contributed by atoms with Crippen molar-refractivity contribution in [3.63, 3.8) is 0 Å². The molecular weight excluding hydrogens is 392 g/mol. The number of aryl methyl sites for hydroxylation is 2. The molecule has 0 aliphatic rings. The maximum atomic E-state index is 12.3. The smallest absolute Gasteiger partial charge is 0.245 e. The molecule has 7 heteroatoms. The largest absolute Gasteiger partial charge is 0.324 e. The van der Waals surface area contributed by atoms with Gasteiger partial charge in [0.15, 0.2) is 0 Å². The summed E-state index contributed by atoms with van der Waals surface area (Å²) in [6.07, 6.45) is 1.09. The van der Waals surface area contributed by atoms with Crippen LogP contribution in [0.25, 0.3) is 0 Å². The van der Waals surface area contributed by atoms with Crippen molar-refractivity contribution in [1.29, 1.82) is 0 Å². The number of rotatable bonds is 5. The first-order valence-corrected chi connectivity index (χ1v) is 9.91. The van der Waals surface area contributed by atoms with Crippen LogP contribution in [-0.2, 0) is 14.8 Å². The van der Waals surface area contributed by atoms with Crippen LogP contribution in [0.15, 0.2) is 46.9 Å². The van der Waals surface area contributed by atoms with Crippen molar-refractivity contribution in [2.75, 3.05) is 22.4 Å². The molecule has 1 N–H and O–H groups in total. The van der Waals surface area contributed by atoms with E-state index in [-0.39, 0.29) is 6.54 Å². The molecule has 0 saturated heterocycles. The predicted octanol–water partition coefficient (Wildman–Crippen LogP) is 3.47. The molecule has 0 unspecified atom stereocenters. The summed E-state index contributed by atoms with van der Waals surface area (Å²) in [7, 11) is -3.58. The van der Waals surface area contributed by atoms with Crippen molar-refractivity contribution >= 4 is 43.2 Å². The number of sulfonamides is 1. The first-order chi connectivity index (χ1) is 11.1. The quantitative estimate of drug-likeness (QED) is 0.820. The number of benzene rings is 2. The summed E-state index contributed by atoms with van der Waals surface area (Å²) in [5, 5.41) is 2.71. The van der Waals surface area contributed by atoms with Crippen LogP contribution in [0.2, 0.25) is 0 Å². The number of anilines is 2. The maximum absolute atomic E-state index is 12.3. The number of amides is 1. The molecular formula is C17H19BrN2O3S. The lowest BCUT2D eigenvalue weighted by Crippen LogP contribution is -2.37. The standard InChI is InChI=1S/C17H19BrN2O3S/c1-12-7-13(2)9-16(8-12)20(24(3,22)23)11-17(21)19-15-6-4-5-14(18)10-15/h4-10H,11H2,1-3H3,(H,19,21). The van der Waals surface area contributed by atoms with E-state index < -0.39 is 15.9 Å². The van der Waals surface area contributed by atoms with E-state index in [0.29, 0.717) is 11.4 Å². The Bertz CT molecular complexity index is 846. The fraction of sp³-hybridized carbons (Fsp3) is 0.235. The van der Waals surface area contributed by atoms with Crippen LogP contribution in [0.4, 0.5) is 11.4 Å². The molecule has 0 radical (unpaired) electrons. The lowest BCUT2D eigenvalue weighted by molar-refractivity contribution is -0.114. The van der Waals surface area contributed by atoms with E-state index in [1.807, 2.05) is 26.0 Å². The molecule has 2 aromatic rings. The van der Waals surface area contributed by atoms with E-state index in [1.165, 1.54) is 0 Å². The molecule has 2 rings (SSSR count). The van der Waals surface area contributed by atoms with Crippen molar-refractivity contribution in [3.8, 4) is 0 Å². The second-order valence-electron chi connectivity index (χ2n) is 5.67. The Labute approximate surface area is 150 Å². The molecule has 0 saturated carbocycles. The number of hydrogen-bond donors (Lipinski definition) is 1. The van der Waals surface area contributed by atoms with Gasteiger partial charge in [0.05, 0.1) is 11.9 Å². The zero-order valence-corrected chi connectivity index (χ0v) is 16.1. The van der Waals surface area contributed by atoms with Crippen LogP contribution in [0.3, 0.4) is 0 Å². The third kappa shape index (κ3) is 5.07. The normalized spacial score (nSPS) is 11.2. The molecule has 0 atom stereocenters. The van der Waals surface area contributed by atoms with Gasteiger partial charge in [0, 0.05) is 10.2 Å². The summed E-state index contributed by atoms with van der Waals surface area (Å²) in [6, 6.07) is 12.6. The third-order valence-corrected chi connectivity index (χ3v) is 4.92. The Morgan fingerprint density at radius 3 is 2.29 bits per heavy atom. The summed E-state index contributed by atoms with van der Waals surface area (Å²) >= 11 is 3.33. The minimum Gasteiger partial charge on any atom is -0.324 e. The number of nitrogens with zero attached hydrogens (tertiary/aromatic N) is 1. The highest BCUT2D eigenvalue weighted by Gasteiger charge is 2.21. The van der Waals surface area contributed by atoms with Crippen LogP contribution >= 0.6 is 15.9 Å². The van der Waals surface area contributed by atoms with Crippen molar-refractivity contribution < 1.29 is 13.2 Å². The molecule has 0 spiro atoms. The van der Waals surface area contributed by atoms with E-state index in [0.717, 1.165) is 26.2 Å². The van der Waals surface area contributed by atoms with Gasteiger partial charge < -0.3 is 5.32 Å². The average Bonchev–Trinajstić information content (AvgIpc) is 2.42. The van der Waals surface area contributed by atoms with E-state index in [2.05, 4.69) is 21.2 Å². The molecule has 2 aromatic carbocycles. The maximum Gasteiger partial charge on any atom is 0.245 e. The highest BCUT2D eigenvalue weighted by Crippen LogP contribution is 2.22. The molecule has 24 heavy (non-hydrogen) atoms. The van der Waals surface area contributed by atoms with Crippen LogP contribution in [0.5, 0.6) is 0 Å². The zero-order chi connectivity index (χ0) is 17.9. The molecule has 0 aliphatic heterocycles. The van der Waals surface area contributed by atoms with Crippen LogP contribution in [0.1, 0.15) is 11.1 Å². The summed E-state index contributed by atoms with van der Waals surface area (Å²) in [6.45, 7) is 3.49. The fourth-order valence-corrected chi connectivity index (χ4v) is 3.63. The monoisotopic (exact) mass is 410 g/mol. The van der Waals surface area contributed by atoms with Gasteiger partial charge in [0.2, 0.25) is 15.9 Å². The summed E-state index contributed by atoms with van der Waals surface area (Å²) in [5.74, 6) is -0.405. The van der Waals surface area contributed by atoms with Gasteiger partial charge in [-0.25, -0.2) is 8.42 Å². The highest BCUT2D eigenvalue weighted by molar-refractivity contribution is 9.10. The second kappa shape index (κ2) is 7.36. The molecule has 0 aliphatic carbocycles. The van der Waals surface area contributed by atoms with Gasteiger partial charge in [-0.1, -0.05) is 28.1 Å². The summed E-state index contributed by atoms with van der Waals surface area (Å²) in [4.78, 5) is 12.3. The minimum absolute atomic E-state index is 0.283. The van der Waals surface area contributed by atoms with Gasteiger partial charge in [0.1, 0.15) is 6.54 Å². The number of nitrogens with one attached hydrogen (secondary N) is 1. The van der Waals surface area contributed by atoms with E-state index in [9.17, 15) is 13.2 Å². The molecule has 0 heterocycles. The predicted molar refractivity (Wildman–Crippen MR) is 101 cm³/mol. The lowest BCUT2D eigenvalue weighted by atomic mass is 10.1. The van der Waals surface area contributed by atoms with Gasteiger partial charge in [-0.15, -0.1) is 0 Å². The van der Waals surface area contributed by atoms with Crippen molar-refractivity contribution in [3.05, 3.63) is 58.1 Å². The number of carbonyl (C=O) groups is 1. The zero-order valence-electron chi connectivity index (χ0n) is 13.7. The Morgan fingerprint density at radius 2 is 1.75 bits per heavy atom. The Balaban J connectivity index is 2.25. The average molecular weight is 411 g/mol. The van der Waals surface area contributed by atoms with Crippen molar-refractivity contribution in [2.45, 2.75) is 13.8 Å². The van der Waals surface area contributed by atoms with Crippen LogP contribution < -0.4 is 9.62 Å². The van der Waals surface area contributed by atoms with Gasteiger partial charge in [0.25, 0.3) is 0 Å². The first kappa shape index (κ1) is 18.5. The third-order valence-electron chi connectivity index (χ3n) is 3.29. The van der Waals surface area contributed by atoms with Crippen LogP contribution in [0, 0.1) is 13.8 Å². The molecule has 5 nitrogen and oxygen atoms in total. The lowest BCUT2D eigenvalue weighted by Gasteiger charge is -2.22. The van der Waals surface area contributed by atoms with E-state index in [1.54, 1.807) is 30.3 Å². The molecule has 128 valence electrons. The van der Waals surface area contributed by atoms with E-state index >= 15 is 0 Å². The van der Waals surface area contributed by atoms with Gasteiger partial charge >= 0.3 is 0 Å². The molecule has 0 bridgehead atoms. The Kier molecular flexibility index (Phi) is 5.66. The summed E-state index contributed by atoms with van der Waals surface area (Å²) < 4.78 is 26.2.